The average molecular weight is 411 g/mol. The maximum Gasteiger partial charge on any atom is 0.238 e. The summed E-state index contributed by atoms with van der Waals surface area (Å²) in [5, 5.41) is 2.94. The van der Waals surface area contributed by atoms with Crippen LogP contribution >= 0.6 is 11.8 Å². The van der Waals surface area contributed by atoms with Gasteiger partial charge in [-0.1, -0.05) is 43.5 Å². The van der Waals surface area contributed by atoms with Crippen molar-refractivity contribution in [3.8, 4) is 5.75 Å². The molecule has 6 heteroatoms. The van der Waals surface area contributed by atoms with Gasteiger partial charge in [0.1, 0.15) is 11.1 Å². The van der Waals surface area contributed by atoms with Crippen molar-refractivity contribution >= 4 is 35.0 Å². The lowest BCUT2D eigenvalue weighted by Gasteiger charge is -2.26. The first kappa shape index (κ1) is 19.8. The summed E-state index contributed by atoms with van der Waals surface area (Å²) in [6.07, 6.45) is 5.49. The van der Waals surface area contributed by atoms with Crippen LogP contribution in [0.3, 0.4) is 0 Å². The fourth-order valence-corrected chi connectivity index (χ4v) is 5.27. The van der Waals surface area contributed by atoms with Crippen molar-refractivity contribution < 1.29 is 14.3 Å². The van der Waals surface area contributed by atoms with E-state index in [0.29, 0.717) is 11.5 Å². The van der Waals surface area contributed by atoms with Gasteiger partial charge in [0.05, 0.1) is 18.6 Å². The molecule has 0 aromatic heterocycles. The Morgan fingerprint density at radius 1 is 1.07 bits per heavy atom. The molecule has 0 bridgehead atoms. The minimum absolute atomic E-state index is 0.0687. The minimum Gasteiger partial charge on any atom is -0.495 e. The molecule has 0 unspecified atom stereocenters. The monoisotopic (exact) mass is 410 g/mol. The Morgan fingerprint density at radius 3 is 2.52 bits per heavy atom. The topological polar surface area (TPSA) is 58.6 Å². The molecule has 0 radical (unpaired) electrons. The van der Waals surface area contributed by atoms with Gasteiger partial charge in [-0.25, -0.2) is 0 Å². The molecule has 29 heavy (non-hydrogen) atoms. The Kier molecular flexibility index (Phi) is 6.09. The summed E-state index contributed by atoms with van der Waals surface area (Å²) in [7, 11) is 1.62. The highest BCUT2D eigenvalue weighted by Gasteiger charge is 2.35. The first-order valence-corrected chi connectivity index (χ1v) is 11.2. The second kappa shape index (κ2) is 8.91. The lowest BCUT2D eigenvalue weighted by atomic mass is 9.88. The normalized spacial score (nSPS) is 20.0. The van der Waals surface area contributed by atoms with Crippen LogP contribution in [0.4, 0.5) is 11.4 Å². The van der Waals surface area contributed by atoms with E-state index < -0.39 is 0 Å². The molecule has 1 atom stereocenters. The summed E-state index contributed by atoms with van der Waals surface area (Å²) >= 11 is 1.60. The predicted octanol–water partition coefficient (Wildman–Crippen LogP) is 4.99. The van der Waals surface area contributed by atoms with Gasteiger partial charge in [0, 0.05) is 11.6 Å². The molecule has 2 fully saturated rings. The number of carbonyl (C=O) groups is 2. The number of rotatable bonds is 5. The maximum absolute atomic E-state index is 12.6. The van der Waals surface area contributed by atoms with Crippen molar-refractivity contribution in [3.05, 3.63) is 54.1 Å². The number of anilines is 2. The van der Waals surface area contributed by atoms with Crippen LogP contribution in [-0.4, -0.2) is 24.7 Å². The maximum atomic E-state index is 12.6. The molecule has 1 N–H and O–H groups in total. The molecule has 2 aromatic carbocycles. The second-order valence-corrected chi connectivity index (χ2v) is 8.61. The fourth-order valence-electron chi connectivity index (χ4n) is 4.10. The SMILES string of the molecule is COc1ccccc1N1C(=O)CS[C@H]1c1ccc(NC(=O)C2CCCCC2)cc1. The molecule has 2 aromatic rings. The van der Waals surface area contributed by atoms with Gasteiger partial charge in [-0.2, -0.15) is 0 Å². The molecule has 0 spiro atoms. The number of hydrogen-bond acceptors (Lipinski definition) is 4. The van der Waals surface area contributed by atoms with Gasteiger partial charge in [-0.05, 0) is 42.7 Å². The number of nitrogens with zero attached hydrogens (tertiary/aromatic N) is 1. The van der Waals surface area contributed by atoms with E-state index in [1.54, 1.807) is 23.8 Å². The number of hydrogen-bond donors (Lipinski definition) is 1. The molecule has 2 aliphatic rings. The van der Waals surface area contributed by atoms with Crippen LogP contribution in [0, 0.1) is 5.92 Å². The Labute approximate surface area is 175 Å². The number of ether oxygens (including phenoxy) is 1. The summed E-state index contributed by atoms with van der Waals surface area (Å²) < 4.78 is 5.46. The molecular formula is C23H26N2O3S. The highest BCUT2D eigenvalue weighted by atomic mass is 32.2. The van der Waals surface area contributed by atoms with Crippen LogP contribution in [0.2, 0.25) is 0 Å². The molecule has 1 heterocycles. The van der Waals surface area contributed by atoms with Gasteiger partial charge in [-0.15, -0.1) is 11.8 Å². The zero-order chi connectivity index (χ0) is 20.2. The van der Waals surface area contributed by atoms with Crippen molar-refractivity contribution in [2.45, 2.75) is 37.5 Å². The molecule has 1 aliphatic carbocycles. The number of para-hydroxylation sites is 2. The highest BCUT2D eigenvalue weighted by Crippen LogP contribution is 2.44. The Balaban J connectivity index is 1.50. The van der Waals surface area contributed by atoms with Gasteiger partial charge in [0.25, 0.3) is 0 Å². The number of thioether (sulfide) groups is 1. The molecule has 2 amide bonds. The number of amides is 2. The second-order valence-electron chi connectivity index (χ2n) is 7.55. The third-order valence-corrected chi connectivity index (χ3v) is 6.86. The minimum atomic E-state index is -0.109. The fraction of sp³-hybridized carbons (Fsp3) is 0.391. The smallest absolute Gasteiger partial charge is 0.238 e. The van der Waals surface area contributed by atoms with E-state index in [-0.39, 0.29) is 23.1 Å². The summed E-state index contributed by atoms with van der Waals surface area (Å²) in [4.78, 5) is 26.9. The third-order valence-electron chi connectivity index (χ3n) is 5.65. The zero-order valence-electron chi connectivity index (χ0n) is 16.6. The van der Waals surface area contributed by atoms with Crippen molar-refractivity contribution in [2.75, 3.05) is 23.1 Å². The van der Waals surface area contributed by atoms with Crippen molar-refractivity contribution in [3.63, 3.8) is 0 Å². The van der Waals surface area contributed by atoms with Crippen molar-refractivity contribution in [2.24, 2.45) is 5.92 Å². The van der Waals surface area contributed by atoms with Crippen LogP contribution in [0.15, 0.2) is 48.5 Å². The Morgan fingerprint density at radius 2 is 1.79 bits per heavy atom. The number of methoxy groups -OCH3 is 1. The van der Waals surface area contributed by atoms with E-state index in [0.717, 1.165) is 42.6 Å². The third kappa shape index (κ3) is 4.27. The highest BCUT2D eigenvalue weighted by molar-refractivity contribution is 8.00. The van der Waals surface area contributed by atoms with E-state index in [4.69, 9.17) is 4.74 Å². The predicted molar refractivity (Wildman–Crippen MR) is 117 cm³/mol. The lowest BCUT2D eigenvalue weighted by molar-refractivity contribution is -0.120. The van der Waals surface area contributed by atoms with E-state index in [1.165, 1.54) is 6.42 Å². The summed E-state index contributed by atoms with van der Waals surface area (Å²) in [5.74, 6) is 1.44. The van der Waals surface area contributed by atoms with Crippen LogP contribution in [-0.2, 0) is 9.59 Å². The van der Waals surface area contributed by atoms with Crippen molar-refractivity contribution in [1.82, 2.24) is 0 Å². The van der Waals surface area contributed by atoms with E-state index >= 15 is 0 Å². The average Bonchev–Trinajstić information content (AvgIpc) is 3.16. The first-order valence-electron chi connectivity index (χ1n) is 10.1. The van der Waals surface area contributed by atoms with Gasteiger partial charge in [-0.3, -0.25) is 14.5 Å². The zero-order valence-corrected chi connectivity index (χ0v) is 17.4. The standard InChI is InChI=1S/C23H26N2O3S/c1-28-20-10-6-5-9-19(20)25-21(26)15-29-23(25)17-11-13-18(14-12-17)24-22(27)16-7-3-2-4-8-16/h5-6,9-14,16,23H,2-4,7-8,15H2,1H3,(H,24,27)/t23-/m0/s1. The van der Waals surface area contributed by atoms with Crippen LogP contribution in [0.5, 0.6) is 5.75 Å². The Bertz CT molecular complexity index is 878. The van der Waals surface area contributed by atoms with Gasteiger partial charge in [0.2, 0.25) is 11.8 Å². The number of benzene rings is 2. The molecule has 1 aliphatic heterocycles. The quantitative estimate of drug-likeness (QED) is 0.754. The molecule has 1 saturated carbocycles. The lowest BCUT2D eigenvalue weighted by Crippen LogP contribution is -2.28. The largest absolute Gasteiger partial charge is 0.495 e. The van der Waals surface area contributed by atoms with E-state index in [1.807, 2.05) is 48.5 Å². The van der Waals surface area contributed by atoms with E-state index in [9.17, 15) is 9.59 Å². The van der Waals surface area contributed by atoms with Gasteiger partial charge < -0.3 is 10.1 Å². The molecule has 5 nitrogen and oxygen atoms in total. The first-order chi connectivity index (χ1) is 14.2. The molecule has 152 valence electrons. The molecule has 1 saturated heterocycles. The van der Waals surface area contributed by atoms with E-state index in [2.05, 4.69) is 5.32 Å². The summed E-state index contributed by atoms with van der Waals surface area (Å²) in [6, 6.07) is 15.4. The van der Waals surface area contributed by atoms with Crippen molar-refractivity contribution in [1.29, 1.82) is 0 Å². The van der Waals surface area contributed by atoms with Gasteiger partial charge in [0.15, 0.2) is 0 Å². The Hall–Kier alpha value is -2.47. The van der Waals surface area contributed by atoms with Gasteiger partial charge >= 0.3 is 0 Å². The molecule has 4 rings (SSSR count). The number of nitrogens with one attached hydrogen (secondary N) is 1. The summed E-state index contributed by atoms with van der Waals surface area (Å²) in [5.41, 5.74) is 2.62. The van der Waals surface area contributed by atoms with Crippen LogP contribution in [0.1, 0.15) is 43.0 Å². The molecular weight excluding hydrogens is 384 g/mol. The summed E-state index contributed by atoms with van der Waals surface area (Å²) in [6.45, 7) is 0. The van der Waals surface area contributed by atoms with Crippen LogP contribution < -0.4 is 15.0 Å². The number of carbonyl (C=O) groups excluding carboxylic acids is 2. The van der Waals surface area contributed by atoms with Crippen LogP contribution in [0.25, 0.3) is 0 Å².